The fourth-order valence-corrected chi connectivity index (χ4v) is 2.43. The Morgan fingerprint density at radius 1 is 1.14 bits per heavy atom. The van der Waals surface area contributed by atoms with Gasteiger partial charge in [0.2, 0.25) is 0 Å². The van der Waals surface area contributed by atoms with Crippen molar-refractivity contribution in [3.63, 3.8) is 0 Å². The van der Waals surface area contributed by atoms with Crippen LogP contribution in [-0.4, -0.2) is 32.4 Å². The van der Waals surface area contributed by atoms with E-state index in [9.17, 15) is 8.78 Å². The molecule has 0 spiro atoms. The summed E-state index contributed by atoms with van der Waals surface area (Å²) in [5, 5.41) is 3.48. The topological polar surface area (TPSA) is 30.5 Å². The van der Waals surface area contributed by atoms with Crippen molar-refractivity contribution >= 4 is 0 Å². The molecule has 2 rings (SSSR count). The van der Waals surface area contributed by atoms with Crippen molar-refractivity contribution in [2.75, 3.05) is 26.4 Å². The molecule has 1 aliphatic heterocycles. The summed E-state index contributed by atoms with van der Waals surface area (Å²) in [6, 6.07) is 3.90. The molecule has 1 fully saturated rings. The zero-order valence-corrected chi connectivity index (χ0v) is 12.2. The highest BCUT2D eigenvalue weighted by Crippen LogP contribution is 2.17. The molecular weight excluding hydrogens is 276 g/mol. The fraction of sp³-hybridized carbons (Fsp3) is 0.625. The molecule has 1 heterocycles. The second kappa shape index (κ2) is 8.95. The van der Waals surface area contributed by atoms with Crippen molar-refractivity contribution in [3.8, 4) is 5.75 Å². The van der Waals surface area contributed by atoms with Gasteiger partial charge in [0.15, 0.2) is 11.6 Å². The maximum atomic E-state index is 13.3. The van der Waals surface area contributed by atoms with Gasteiger partial charge in [-0.2, -0.15) is 0 Å². The Morgan fingerprint density at radius 3 is 2.81 bits per heavy atom. The van der Waals surface area contributed by atoms with Gasteiger partial charge in [0.1, 0.15) is 5.82 Å². The summed E-state index contributed by atoms with van der Waals surface area (Å²) in [6.07, 6.45) is 5.53. The van der Waals surface area contributed by atoms with Crippen LogP contribution in [0.5, 0.6) is 5.75 Å². The Balaban J connectivity index is 1.50. The summed E-state index contributed by atoms with van der Waals surface area (Å²) in [4.78, 5) is 0. The molecule has 0 saturated carbocycles. The molecule has 0 radical (unpaired) electrons. The van der Waals surface area contributed by atoms with Gasteiger partial charge in [-0.05, 0) is 37.9 Å². The maximum absolute atomic E-state index is 13.3. The van der Waals surface area contributed by atoms with Gasteiger partial charge in [-0.25, -0.2) is 8.78 Å². The molecule has 1 atom stereocenters. The summed E-state index contributed by atoms with van der Waals surface area (Å²) >= 11 is 0. The van der Waals surface area contributed by atoms with Gasteiger partial charge in [-0.15, -0.1) is 0 Å². The highest BCUT2D eigenvalue weighted by atomic mass is 19.1. The van der Waals surface area contributed by atoms with Gasteiger partial charge in [0.05, 0.1) is 6.61 Å². The quantitative estimate of drug-likeness (QED) is 0.747. The van der Waals surface area contributed by atoms with Crippen LogP contribution >= 0.6 is 0 Å². The van der Waals surface area contributed by atoms with Gasteiger partial charge in [-0.3, -0.25) is 0 Å². The Bertz CT molecular complexity index is 423. The van der Waals surface area contributed by atoms with Gasteiger partial charge in [-0.1, -0.05) is 6.42 Å². The highest BCUT2D eigenvalue weighted by Gasteiger charge is 2.11. The van der Waals surface area contributed by atoms with Crippen LogP contribution in [0, 0.1) is 11.6 Å². The molecule has 21 heavy (non-hydrogen) atoms. The molecule has 0 aromatic heterocycles. The van der Waals surface area contributed by atoms with Crippen LogP contribution in [-0.2, 0) is 4.74 Å². The van der Waals surface area contributed by atoms with Crippen LogP contribution in [0.1, 0.15) is 32.1 Å². The van der Waals surface area contributed by atoms with Gasteiger partial charge < -0.3 is 14.8 Å². The van der Waals surface area contributed by atoms with E-state index in [1.54, 1.807) is 0 Å². The largest absolute Gasteiger partial charge is 0.490 e. The van der Waals surface area contributed by atoms with Crippen molar-refractivity contribution in [1.82, 2.24) is 5.32 Å². The third-order valence-electron chi connectivity index (χ3n) is 3.61. The number of benzene rings is 1. The molecule has 0 aliphatic carbocycles. The lowest BCUT2D eigenvalue weighted by Gasteiger charge is -2.23. The van der Waals surface area contributed by atoms with Crippen molar-refractivity contribution < 1.29 is 18.3 Å². The van der Waals surface area contributed by atoms with Crippen LogP contribution in [0.4, 0.5) is 8.78 Å². The normalized spacial score (nSPS) is 18.7. The lowest BCUT2D eigenvalue weighted by atomic mass is 10.0. The summed E-state index contributed by atoms with van der Waals surface area (Å²) in [5.74, 6) is -1.18. The number of hydrogen-bond donors (Lipinski definition) is 1. The van der Waals surface area contributed by atoms with Crippen LogP contribution in [0.2, 0.25) is 0 Å². The van der Waals surface area contributed by atoms with Gasteiger partial charge in [0.25, 0.3) is 0 Å². The van der Waals surface area contributed by atoms with E-state index in [-0.39, 0.29) is 5.75 Å². The van der Waals surface area contributed by atoms with E-state index in [0.29, 0.717) is 25.7 Å². The molecule has 0 amide bonds. The fourth-order valence-electron chi connectivity index (χ4n) is 2.43. The predicted molar refractivity (Wildman–Crippen MR) is 77.5 cm³/mol. The summed E-state index contributed by atoms with van der Waals surface area (Å²) in [7, 11) is 0. The number of rotatable bonds is 8. The zero-order valence-electron chi connectivity index (χ0n) is 12.2. The summed E-state index contributed by atoms with van der Waals surface area (Å²) < 4.78 is 36.8. The Kier molecular flexibility index (Phi) is 6.89. The lowest BCUT2D eigenvalue weighted by molar-refractivity contribution is 0.108. The third kappa shape index (κ3) is 5.98. The molecule has 1 aliphatic rings. The van der Waals surface area contributed by atoms with Crippen LogP contribution in [0.15, 0.2) is 18.2 Å². The average molecular weight is 299 g/mol. The van der Waals surface area contributed by atoms with Crippen molar-refractivity contribution in [2.24, 2.45) is 0 Å². The Morgan fingerprint density at radius 2 is 2.05 bits per heavy atom. The minimum Gasteiger partial charge on any atom is -0.490 e. The molecule has 1 unspecified atom stereocenters. The van der Waals surface area contributed by atoms with E-state index >= 15 is 0 Å². The maximum Gasteiger partial charge on any atom is 0.167 e. The monoisotopic (exact) mass is 299 g/mol. The second-order valence-corrected chi connectivity index (χ2v) is 5.32. The van der Waals surface area contributed by atoms with E-state index in [4.69, 9.17) is 9.47 Å². The van der Waals surface area contributed by atoms with Crippen LogP contribution in [0.3, 0.4) is 0 Å². The number of hydrogen-bond acceptors (Lipinski definition) is 3. The zero-order chi connectivity index (χ0) is 14.9. The molecule has 0 bridgehead atoms. The molecule has 1 N–H and O–H groups in total. The van der Waals surface area contributed by atoms with Crippen LogP contribution < -0.4 is 10.1 Å². The van der Waals surface area contributed by atoms with E-state index in [2.05, 4.69) is 5.32 Å². The number of piperidine rings is 1. The molecule has 1 saturated heterocycles. The van der Waals surface area contributed by atoms with E-state index in [1.165, 1.54) is 31.4 Å². The first-order valence-corrected chi connectivity index (χ1v) is 7.64. The van der Waals surface area contributed by atoms with Gasteiger partial charge >= 0.3 is 0 Å². The lowest BCUT2D eigenvalue weighted by Crippen LogP contribution is -2.34. The van der Waals surface area contributed by atoms with E-state index < -0.39 is 11.6 Å². The number of ether oxygens (including phenoxy) is 2. The highest BCUT2D eigenvalue weighted by molar-refractivity contribution is 5.24. The molecule has 1 aromatic carbocycles. The van der Waals surface area contributed by atoms with E-state index in [1.807, 2.05) is 0 Å². The molecule has 3 nitrogen and oxygen atoms in total. The van der Waals surface area contributed by atoms with Crippen molar-refractivity contribution in [3.05, 3.63) is 29.8 Å². The standard InChI is InChI=1S/C16H23F2NO2/c17-13-5-6-16(15(18)12-13)21-10-3-9-20-11-7-14-4-1-2-8-19-14/h5-6,12,14,19H,1-4,7-11H2. The minimum absolute atomic E-state index is 0.0859. The SMILES string of the molecule is Fc1ccc(OCCCOCCC2CCCCN2)c(F)c1. The molecule has 1 aromatic rings. The Hall–Kier alpha value is -1.20. The summed E-state index contributed by atoms with van der Waals surface area (Å²) in [6.45, 7) is 2.81. The second-order valence-electron chi connectivity index (χ2n) is 5.32. The first-order chi connectivity index (χ1) is 10.3. The molecular formula is C16H23F2NO2. The number of nitrogens with one attached hydrogen (secondary N) is 1. The third-order valence-corrected chi connectivity index (χ3v) is 3.61. The molecule has 5 heteroatoms. The first-order valence-electron chi connectivity index (χ1n) is 7.64. The van der Waals surface area contributed by atoms with Crippen molar-refractivity contribution in [1.29, 1.82) is 0 Å². The average Bonchev–Trinajstić information content (AvgIpc) is 2.49. The Labute approximate surface area is 124 Å². The van der Waals surface area contributed by atoms with Crippen molar-refractivity contribution in [2.45, 2.75) is 38.1 Å². The first kappa shape index (κ1) is 16.2. The summed E-state index contributed by atoms with van der Waals surface area (Å²) in [5.41, 5.74) is 0. The van der Waals surface area contributed by atoms with Crippen LogP contribution in [0.25, 0.3) is 0 Å². The minimum atomic E-state index is -0.667. The smallest absolute Gasteiger partial charge is 0.167 e. The molecule has 118 valence electrons. The predicted octanol–water partition coefficient (Wildman–Crippen LogP) is 3.28. The van der Waals surface area contributed by atoms with Gasteiger partial charge in [0, 0.05) is 31.7 Å². The van der Waals surface area contributed by atoms with E-state index in [0.717, 1.165) is 25.6 Å². The number of halogens is 2.